The number of piperazine rings is 1. The molecule has 2 aromatic rings. The van der Waals surface area contributed by atoms with Gasteiger partial charge >= 0.3 is 0 Å². The minimum absolute atomic E-state index is 0.101. The van der Waals surface area contributed by atoms with Gasteiger partial charge in [-0.25, -0.2) is 0 Å². The number of rotatable bonds is 3. The van der Waals surface area contributed by atoms with Crippen molar-refractivity contribution in [2.24, 2.45) is 0 Å². The highest BCUT2D eigenvalue weighted by atomic mass is 16.2. The van der Waals surface area contributed by atoms with Gasteiger partial charge < -0.3 is 10.2 Å². The second-order valence-electron chi connectivity index (χ2n) is 6.48. The zero-order valence-corrected chi connectivity index (χ0v) is 14.3. The van der Waals surface area contributed by atoms with E-state index in [0.717, 1.165) is 18.7 Å². The van der Waals surface area contributed by atoms with Crippen LogP contribution in [0.1, 0.15) is 36.6 Å². The van der Waals surface area contributed by atoms with Gasteiger partial charge in [0.1, 0.15) is 0 Å². The van der Waals surface area contributed by atoms with Crippen molar-refractivity contribution < 1.29 is 14.4 Å². The average molecular weight is 349 g/mol. The quantitative estimate of drug-likeness (QED) is 0.853. The number of carbonyl (C=O) groups excluding carboxylic acids is 3. The molecule has 1 N–H and O–H groups in total. The Bertz CT molecular complexity index is 873. The van der Waals surface area contributed by atoms with Gasteiger partial charge in [-0.2, -0.15) is 0 Å². The molecule has 0 bridgehead atoms. The summed E-state index contributed by atoms with van der Waals surface area (Å²) in [5.74, 6) is -0.755. The van der Waals surface area contributed by atoms with Gasteiger partial charge in [0.2, 0.25) is 0 Å². The number of amides is 3. The molecule has 2 heterocycles. The van der Waals surface area contributed by atoms with E-state index >= 15 is 0 Å². The Labute approximate surface area is 151 Å². The summed E-state index contributed by atoms with van der Waals surface area (Å²) in [6.07, 6.45) is 0. The summed E-state index contributed by atoms with van der Waals surface area (Å²) in [5, 5.41) is 3.21. The summed E-state index contributed by atoms with van der Waals surface area (Å²) >= 11 is 0. The van der Waals surface area contributed by atoms with Crippen molar-refractivity contribution in [2.45, 2.75) is 6.54 Å². The highest BCUT2D eigenvalue weighted by Crippen LogP contribution is 2.26. The number of imide groups is 1. The molecule has 0 aromatic heterocycles. The van der Waals surface area contributed by atoms with Gasteiger partial charge in [-0.05, 0) is 23.8 Å². The van der Waals surface area contributed by atoms with E-state index in [-0.39, 0.29) is 24.3 Å². The molecule has 6 nitrogen and oxygen atoms in total. The van der Waals surface area contributed by atoms with Crippen LogP contribution in [0, 0.1) is 0 Å². The van der Waals surface area contributed by atoms with Crippen LogP contribution in [0.15, 0.2) is 48.5 Å². The number of fused-ring (bicyclic) bond motifs is 1. The topological polar surface area (TPSA) is 69.7 Å². The molecular formula is C20H19N3O3. The predicted octanol–water partition coefficient (Wildman–Crippen LogP) is 1.53. The molecule has 0 atom stereocenters. The molecule has 6 heteroatoms. The number of carbonyl (C=O) groups is 3. The maximum atomic E-state index is 12.7. The van der Waals surface area contributed by atoms with E-state index < -0.39 is 0 Å². The summed E-state index contributed by atoms with van der Waals surface area (Å²) in [7, 11) is 0. The number of hydrogen-bond acceptors (Lipinski definition) is 4. The molecule has 1 fully saturated rings. The molecule has 2 aliphatic rings. The lowest BCUT2D eigenvalue weighted by molar-refractivity contribution is 0.0642. The predicted molar refractivity (Wildman–Crippen MR) is 95.9 cm³/mol. The fourth-order valence-corrected chi connectivity index (χ4v) is 3.38. The van der Waals surface area contributed by atoms with Crippen molar-refractivity contribution in [1.82, 2.24) is 15.1 Å². The zero-order chi connectivity index (χ0) is 18.1. The maximum absolute atomic E-state index is 12.7. The minimum atomic E-state index is -0.344. The van der Waals surface area contributed by atoms with Gasteiger partial charge in [-0.3, -0.25) is 19.3 Å². The number of nitrogens with one attached hydrogen (secondary N) is 1. The van der Waals surface area contributed by atoms with Crippen molar-refractivity contribution in [1.29, 1.82) is 0 Å². The highest BCUT2D eigenvalue weighted by molar-refractivity contribution is 6.22. The Morgan fingerprint density at radius 3 is 2.35 bits per heavy atom. The lowest BCUT2D eigenvalue weighted by Gasteiger charge is -2.27. The lowest BCUT2D eigenvalue weighted by Crippen LogP contribution is -2.46. The molecule has 2 aromatic carbocycles. The summed E-state index contributed by atoms with van der Waals surface area (Å²) < 4.78 is 0. The third-order valence-electron chi connectivity index (χ3n) is 4.81. The Hall–Kier alpha value is -2.99. The molecular weight excluding hydrogens is 330 g/mol. The summed E-state index contributed by atoms with van der Waals surface area (Å²) in [5.41, 5.74) is 2.02. The summed E-state index contributed by atoms with van der Waals surface area (Å²) in [6, 6.07) is 14.2. The van der Waals surface area contributed by atoms with Gasteiger partial charge in [0, 0.05) is 31.7 Å². The summed E-state index contributed by atoms with van der Waals surface area (Å²) in [4.78, 5) is 41.0. The molecule has 0 unspecified atom stereocenters. The van der Waals surface area contributed by atoms with E-state index in [2.05, 4.69) is 5.32 Å². The Morgan fingerprint density at radius 2 is 1.62 bits per heavy atom. The van der Waals surface area contributed by atoms with Gasteiger partial charge in [-0.1, -0.05) is 30.3 Å². The third-order valence-corrected chi connectivity index (χ3v) is 4.81. The maximum Gasteiger partial charge on any atom is 0.261 e. The number of benzene rings is 2. The van der Waals surface area contributed by atoms with Crippen molar-refractivity contribution >= 4 is 17.7 Å². The van der Waals surface area contributed by atoms with Crippen LogP contribution in [0.5, 0.6) is 0 Å². The van der Waals surface area contributed by atoms with E-state index in [1.54, 1.807) is 23.1 Å². The van der Waals surface area contributed by atoms with E-state index in [9.17, 15) is 14.4 Å². The molecule has 4 rings (SSSR count). The van der Waals surface area contributed by atoms with Crippen LogP contribution >= 0.6 is 0 Å². The van der Waals surface area contributed by atoms with Crippen LogP contribution < -0.4 is 5.32 Å². The first-order chi connectivity index (χ1) is 12.6. The Kier molecular flexibility index (Phi) is 4.26. The van der Waals surface area contributed by atoms with Gasteiger partial charge in [0.15, 0.2) is 0 Å². The van der Waals surface area contributed by atoms with Crippen molar-refractivity contribution in [3.8, 4) is 0 Å². The van der Waals surface area contributed by atoms with E-state index in [4.69, 9.17) is 0 Å². The Balaban J connectivity index is 1.59. The molecule has 26 heavy (non-hydrogen) atoms. The molecule has 2 aliphatic heterocycles. The standard InChI is InChI=1S/C20H19N3O3/c24-18(22-10-8-21-9-11-22)15-6-7-16-17(12-15)20(26)23(19(16)25)13-14-4-2-1-3-5-14/h1-7,12,21H,8-11,13H2. The van der Waals surface area contributed by atoms with Crippen molar-refractivity contribution in [2.75, 3.05) is 26.2 Å². The van der Waals surface area contributed by atoms with E-state index in [0.29, 0.717) is 29.8 Å². The van der Waals surface area contributed by atoms with Gasteiger partial charge in [-0.15, -0.1) is 0 Å². The molecule has 1 saturated heterocycles. The van der Waals surface area contributed by atoms with Crippen molar-refractivity contribution in [3.63, 3.8) is 0 Å². The molecule has 0 aliphatic carbocycles. The fraction of sp³-hybridized carbons (Fsp3) is 0.250. The minimum Gasteiger partial charge on any atom is -0.336 e. The number of nitrogens with zero attached hydrogens (tertiary/aromatic N) is 2. The summed E-state index contributed by atoms with van der Waals surface area (Å²) in [6.45, 7) is 3.04. The van der Waals surface area contributed by atoms with Crippen LogP contribution in [0.4, 0.5) is 0 Å². The SMILES string of the molecule is O=C(c1ccc2c(c1)C(=O)N(Cc1ccccc1)C2=O)N1CCNCC1. The van der Waals surface area contributed by atoms with E-state index in [1.807, 2.05) is 30.3 Å². The van der Waals surface area contributed by atoms with Crippen LogP contribution in [-0.4, -0.2) is 53.7 Å². The second kappa shape index (κ2) is 6.72. The lowest BCUT2D eigenvalue weighted by atomic mass is 10.0. The first kappa shape index (κ1) is 16.5. The van der Waals surface area contributed by atoms with Crippen LogP contribution in [0.3, 0.4) is 0 Å². The molecule has 0 radical (unpaired) electrons. The molecule has 0 saturated carbocycles. The monoisotopic (exact) mass is 349 g/mol. The van der Waals surface area contributed by atoms with Crippen LogP contribution in [0.2, 0.25) is 0 Å². The number of hydrogen-bond donors (Lipinski definition) is 1. The fourth-order valence-electron chi connectivity index (χ4n) is 3.38. The molecule has 0 spiro atoms. The molecule has 132 valence electrons. The van der Waals surface area contributed by atoms with Crippen LogP contribution in [-0.2, 0) is 6.54 Å². The van der Waals surface area contributed by atoms with Gasteiger partial charge in [0.25, 0.3) is 17.7 Å². The zero-order valence-electron chi connectivity index (χ0n) is 14.3. The Morgan fingerprint density at radius 1 is 0.923 bits per heavy atom. The van der Waals surface area contributed by atoms with E-state index in [1.165, 1.54) is 4.90 Å². The first-order valence-electron chi connectivity index (χ1n) is 8.69. The van der Waals surface area contributed by atoms with Gasteiger partial charge in [0.05, 0.1) is 17.7 Å². The second-order valence-corrected chi connectivity index (χ2v) is 6.48. The van der Waals surface area contributed by atoms with Crippen LogP contribution in [0.25, 0.3) is 0 Å². The smallest absolute Gasteiger partial charge is 0.261 e. The largest absolute Gasteiger partial charge is 0.336 e. The molecule has 3 amide bonds. The first-order valence-corrected chi connectivity index (χ1v) is 8.69. The third kappa shape index (κ3) is 2.88. The highest BCUT2D eigenvalue weighted by Gasteiger charge is 2.36. The normalized spacial score (nSPS) is 16.8. The van der Waals surface area contributed by atoms with Crippen molar-refractivity contribution in [3.05, 3.63) is 70.8 Å². The average Bonchev–Trinajstić information content (AvgIpc) is 2.93.